The van der Waals surface area contributed by atoms with Gasteiger partial charge in [0.2, 0.25) is 0 Å². The van der Waals surface area contributed by atoms with Crippen LogP contribution in [0.5, 0.6) is 0 Å². The van der Waals surface area contributed by atoms with E-state index < -0.39 is 0 Å². The van der Waals surface area contributed by atoms with E-state index in [9.17, 15) is 9.90 Å². The molecule has 1 fully saturated rings. The molecule has 1 unspecified atom stereocenters. The minimum absolute atomic E-state index is 0.0458. The van der Waals surface area contributed by atoms with Crippen LogP contribution in [0.1, 0.15) is 41.4 Å². The van der Waals surface area contributed by atoms with Crippen molar-refractivity contribution in [1.29, 1.82) is 0 Å². The number of hydrogen-bond donors (Lipinski definition) is 1. The minimum Gasteiger partial charge on any atom is -0.451 e. The standard InChI is InChI=1S/C18H23NO3/c1-11-8-15-10-17(22-16(15)9-12(11)2)18(21)19-6-4-14(5-7-19)13(3)20/h8-10,13-14,20H,4-7H2,1-3H3. The second kappa shape index (κ2) is 5.76. The zero-order valence-electron chi connectivity index (χ0n) is 13.4. The van der Waals surface area contributed by atoms with Crippen molar-refractivity contribution in [2.24, 2.45) is 5.92 Å². The summed E-state index contributed by atoms with van der Waals surface area (Å²) in [5.41, 5.74) is 3.13. The maximum Gasteiger partial charge on any atom is 0.289 e. The van der Waals surface area contributed by atoms with Gasteiger partial charge in [0.1, 0.15) is 5.58 Å². The number of amides is 1. The lowest BCUT2D eigenvalue weighted by atomic mass is 9.92. The van der Waals surface area contributed by atoms with E-state index in [0.717, 1.165) is 23.8 Å². The quantitative estimate of drug-likeness (QED) is 0.926. The molecule has 1 atom stereocenters. The van der Waals surface area contributed by atoms with Crippen LogP contribution in [0.3, 0.4) is 0 Å². The Morgan fingerprint density at radius 2 is 1.86 bits per heavy atom. The van der Waals surface area contributed by atoms with Crippen LogP contribution in [0.2, 0.25) is 0 Å². The van der Waals surface area contributed by atoms with E-state index in [1.807, 2.05) is 30.9 Å². The Balaban J connectivity index is 1.78. The summed E-state index contributed by atoms with van der Waals surface area (Å²) in [5, 5.41) is 10.6. The predicted octanol–water partition coefficient (Wildman–Crippen LogP) is 3.28. The fraction of sp³-hybridized carbons (Fsp3) is 0.500. The number of likely N-dealkylation sites (tertiary alicyclic amines) is 1. The van der Waals surface area contributed by atoms with Crippen molar-refractivity contribution in [2.75, 3.05) is 13.1 Å². The lowest BCUT2D eigenvalue weighted by Gasteiger charge is -2.32. The summed E-state index contributed by atoms with van der Waals surface area (Å²) < 4.78 is 5.75. The van der Waals surface area contributed by atoms with Gasteiger partial charge < -0.3 is 14.4 Å². The number of carbonyl (C=O) groups is 1. The minimum atomic E-state index is -0.297. The average Bonchev–Trinajstić information content (AvgIpc) is 2.90. The van der Waals surface area contributed by atoms with Crippen LogP contribution < -0.4 is 0 Å². The molecule has 1 aromatic carbocycles. The molecule has 4 nitrogen and oxygen atoms in total. The Hall–Kier alpha value is -1.81. The number of furan rings is 1. The molecule has 118 valence electrons. The van der Waals surface area contributed by atoms with Crippen molar-refractivity contribution in [1.82, 2.24) is 4.90 Å². The second-order valence-corrected chi connectivity index (χ2v) is 6.46. The van der Waals surface area contributed by atoms with Gasteiger partial charge in [0.25, 0.3) is 5.91 Å². The molecule has 1 N–H and O–H groups in total. The Morgan fingerprint density at radius 1 is 1.23 bits per heavy atom. The number of aliphatic hydroxyl groups excluding tert-OH is 1. The molecular weight excluding hydrogens is 278 g/mol. The molecule has 0 saturated carbocycles. The Bertz CT molecular complexity index is 655. The van der Waals surface area contributed by atoms with Crippen molar-refractivity contribution >= 4 is 16.9 Å². The Labute approximate surface area is 130 Å². The highest BCUT2D eigenvalue weighted by Crippen LogP contribution is 2.26. The highest BCUT2D eigenvalue weighted by Gasteiger charge is 2.27. The largest absolute Gasteiger partial charge is 0.451 e. The number of nitrogens with zero attached hydrogens (tertiary/aromatic N) is 1. The molecule has 0 aliphatic carbocycles. The normalized spacial score (nSPS) is 17.9. The van der Waals surface area contributed by atoms with Gasteiger partial charge in [-0.05, 0) is 68.9 Å². The van der Waals surface area contributed by atoms with E-state index in [1.54, 1.807) is 0 Å². The first-order valence-corrected chi connectivity index (χ1v) is 7.94. The smallest absolute Gasteiger partial charge is 0.289 e. The average molecular weight is 301 g/mol. The predicted molar refractivity (Wildman–Crippen MR) is 86.0 cm³/mol. The number of rotatable bonds is 2. The van der Waals surface area contributed by atoms with E-state index in [2.05, 4.69) is 13.0 Å². The molecule has 2 aromatic rings. The van der Waals surface area contributed by atoms with Crippen molar-refractivity contribution in [3.8, 4) is 0 Å². The van der Waals surface area contributed by atoms with Gasteiger partial charge in [-0.2, -0.15) is 0 Å². The van der Waals surface area contributed by atoms with Crippen LogP contribution in [0.25, 0.3) is 11.0 Å². The maximum atomic E-state index is 12.6. The number of benzene rings is 1. The molecule has 1 aliphatic heterocycles. The van der Waals surface area contributed by atoms with Crippen molar-refractivity contribution < 1.29 is 14.3 Å². The monoisotopic (exact) mass is 301 g/mol. The van der Waals surface area contributed by atoms with Gasteiger partial charge in [0, 0.05) is 18.5 Å². The van der Waals surface area contributed by atoms with Crippen LogP contribution >= 0.6 is 0 Å². The van der Waals surface area contributed by atoms with Crippen molar-refractivity contribution in [2.45, 2.75) is 39.7 Å². The van der Waals surface area contributed by atoms with E-state index in [-0.39, 0.29) is 12.0 Å². The SMILES string of the molecule is Cc1cc2cc(C(=O)N3CCC(C(C)O)CC3)oc2cc1C. The third-order valence-corrected chi connectivity index (χ3v) is 4.85. The zero-order chi connectivity index (χ0) is 15.9. The first kappa shape index (κ1) is 15.1. The summed E-state index contributed by atoms with van der Waals surface area (Å²) in [6.07, 6.45) is 1.40. The summed E-state index contributed by atoms with van der Waals surface area (Å²) in [6.45, 7) is 7.29. The topological polar surface area (TPSA) is 53.7 Å². The van der Waals surface area contributed by atoms with Gasteiger partial charge in [-0.3, -0.25) is 4.79 Å². The van der Waals surface area contributed by atoms with Crippen molar-refractivity contribution in [3.05, 3.63) is 35.1 Å². The van der Waals surface area contributed by atoms with Crippen LogP contribution in [0, 0.1) is 19.8 Å². The molecule has 1 saturated heterocycles. The molecule has 0 bridgehead atoms. The summed E-state index contributed by atoms with van der Waals surface area (Å²) >= 11 is 0. The fourth-order valence-corrected chi connectivity index (χ4v) is 3.15. The number of piperidine rings is 1. The van der Waals surface area contributed by atoms with Gasteiger partial charge in [0.05, 0.1) is 6.10 Å². The van der Waals surface area contributed by atoms with E-state index in [4.69, 9.17) is 4.42 Å². The zero-order valence-corrected chi connectivity index (χ0v) is 13.4. The molecule has 3 rings (SSSR count). The number of aryl methyl sites for hydroxylation is 2. The Morgan fingerprint density at radius 3 is 2.50 bits per heavy atom. The maximum absolute atomic E-state index is 12.6. The number of aliphatic hydroxyl groups is 1. The highest BCUT2D eigenvalue weighted by molar-refractivity contribution is 5.96. The van der Waals surface area contributed by atoms with Gasteiger partial charge in [-0.25, -0.2) is 0 Å². The van der Waals surface area contributed by atoms with Crippen LogP contribution in [-0.4, -0.2) is 35.1 Å². The molecule has 1 aromatic heterocycles. The first-order valence-electron chi connectivity index (χ1n) is 7.94. The van der Waals surface area contributed by atoms with Gasteiger partial charge in [-0.1, -0.05) is 0 Å². The fourth-order valence-electron chi connectivity index (χ4n) is 3.15. The molecule has 1 amide bonds. The Kier molecular flexibility index (Phi) is 3.96. The summed E-state index contributed by atoms with van der Waals surface area (Å²) in [4.78, 5) is 14.4. The molecule has 0 radical (unpaired) electrons. The first-order chi connectivity index (χ1) is 10.5. The highest BCUT2D eigenvalue weighted by atomic mass is 16.3. The summed E-state index contributed by atoms with van der Waals surface area (Å²) in [7, 11) is 0. The van der Waals surface area contributed by atoms with Crippen LogP contribution in [0.4, 0.5) is 0 Å². The molecule has 4 heteroatoms. The second-order valence-electron chi connectivity index (χ2n) is 6.46. The van der Waals surface area contributed by atoms with E-state index in [1.165, 1.54) is 11.1 Å². The van der Waals surface area contributed by atoms with Crippen LogP contribution in [-0.2, 0) is 0 Å². The van der Waals surface area contributed by atoms with Gasteiger partial charge >= 0.3 is 0 Å². The molecule has 0 spiro atoms. The lowest BCUT2D eigenvalue weighted by molar-refractivity contribution is 0.0500. The van der Waals surface area contributed by atoms with Crippen LogP contribution in [0.15, 0.2) is 22.6 Å². The molecular formula is C18H23NO3. The molecule has 1 aliphatic rings. The van der Waals surface area contributed by atoms with Crippen molar-refractivity contribution in [3.63, 3.8) is 0 Å². The number of fused-ring (bicyclic) bond motifs is 1. The van der Waals surface area contributed by atoms with Gasteiger partial charge in [0.15, 0.2) is 5.76 Å². The van der Waals surface area contributed by atoms with E-state index >= 15 is 0 Å². The third-order valence-electron chi connectivity index (χ3n) is 4.85. The third kappa shape index (κ3) is 2.75. The summed E-state index contributed by atoms with van der Waals surface area (Å²) in [5.74, 6) is 0.663. The van der Waals surface area contributed by atoms with E-state index in [0.29, 0.717) is 24.8 Å². The lowest BCUT2D eigenvalue weighted by Crippen LogP contribution is -2.40. The van der Waals surface area contributed by atoms with Gasteiger partial charge in [-0.15, -0.1) is 0 Å². The number of hydrogen-bond acceptors (Lipinski definition) is 3. The molecule has 2 heterocycles. The summed E-state index contributed by atoms with van der Waals surface area (Å²) in [6, 6.07) is 5.89. The number of carbonyl (C=O) groups excluding carboxylic acids is 1. The molecule has 22 heavy (non-hydrogen) atoms.